The summed E-state index contributed by atoms with van der Waals surface area (Å²) in [6.07, 6.45) is 21.2. The van der Waals surface area contributed by atoms with Gasteiger partial charge in [0.05, 0.1) is 0 Å². The molecule has 2 aliphatic rings. The molecule has 0 fully saturated rings. The molecule has 0 radical (unpaired) electrons. The number of hydrogen-bond donors (Lipinski definition) is 0. The standard InChI is InChI=1S/2C6H7.2C4H9.Zr/c2*1-6-4-2-3-5-6;2*1-3-4-2;/h2*2,4H,3H2,1H3;2*1,3-4H2,2H3;/q4*-1;+4. The predicted octanol–water partition coefficient (Wildman–Crippen LogP) is 6.63. The first-order valence-electron chi connectivity index (χ1n) is 7.68. The van der Waals surface area contributed by atoms with Crippen LogP contribution in [0.25, 0.3) is 0 Å². The van der Waals surface area contributed by atoms with Crippen LogP contribution in [0.2, 0.25) is 0 Å². The van der Waals surface area contributed by atoms with E-state index in [1.54, 1.807) is 0 Å². The molecule has 0 aromatic carbocycles. The van der Waals surface area contributed by atoms with E-state index >= 15 is 0 Å². The molecule has 2 aliphatic carbocycles. The van der Waals surface area contributed by atoms with Crippen molar-refractivity contribution in [3.63, 3.8) is 0 Å². The van der Waals surface area contributed by atoms with Gasteiger partial charge in [-0.3, -0.25) is 12.2 Å². The second-order valence-corrected chi connectivity index (χ2v) is 4.64. The van der Waals surface area contributed by atoms with E-state index in [0.717, 1.165) is 25.7 Å². The Morgan fingerprint density at radius 3 is 1.19 bits per heavy atom. The summed E-state index contributed by atoms with van der Waals surface area (Å²) in [6.45, 7) is 15.6. The van der Waals surface area contributed by atoms with Gasteiger partial charge in [-0.25, -0.2) is 23.3 Å². The molecule has 0 N–H and O–H groups in total. The van der Waals surface area contributed by atoms with Crippen molar-refractivity contribution in [3.05, 3.63) is 61.4 Å². The molecule has 0 amide bonds. The van der Waals surface area contributed by atoms with E-state index in [4.69, 9.17) is 0 Å². The number of hydrogen-bond acceptors (Lipinski definition) is 0. The predicted molar refractivity (Wildman–Crippen MR) is 92.9 cm³/mol. The van der Waals surface area contributed by atoms with Crippen LogP contribution in [-0.2, 0) is 26.2 Å². The van der Waals surface area contributed by atoms with Gasteiger partial charge in [-0.15, -0.1) is 12.8 Å². The molecular formula is C20H32Zr. The molecule has 116 valence electrons. The summed E-state index contributed by atoms with van der Waals surface area (Å²) < 4.78 is 0. The van der Waals surface area contributed by atoms with Crippen molar-refractivity contribution in [1.29, 1.82) is 0 Å². The van der Waals surface area contributed by atoms with Gasteiger partial charge in [-0.05, 0) is 0 Å². The van der Waals surface area contributed by atoms with E-state index in [0.29, 0.717) is 0 Å². The van der Waals surface area contributed by atoms with Crippen molar-refractivity contribution >= 4 is 0 Å². The maximum Gasteiger partial charge on any atom is 4.00 e. The van der Waals surface area contributed by atoms with E-state index in [1.807, 2.05) is 0 Å². The van der Waals surface area contributed by atoms with Gasteiger partial charge in [0.25, 0.3) is 0 Å². The minimum Gasteiger partial charge on any atom is -0.343 e. The van der Waals surface area contributed by atoms with Gasteiger partial charge in [-0.1, -0.05) is 40.5 Å². The molecule has 0 heterocycles. The molecule has 0 spiro atoms. The normalized spacial score (nSPS) is 13.4. The van der Waals surface area contributed by atoms with Gasteiger partial charge >= 0.3 is 26.2 Å². The van der Waals surface area contributed by atoms with E-state index in [2.05, 4.69) is 78.0 Å². The molecular weight excluding hydrogens is 331 g/mol. The van der Waals surface area contributed by atoms with E-state index < -0.39 is 0 Å². The third-order valence-corrected chi connectivity index (χ3v) is 2.44. The molecule has 0 nitrogen and oxygen atoms in total. The van der Waals surface area contributed by atoms with Crippen molar-refractivity contribution in [1.82, 2.24) is 0 Å². The molecule has 0 aromatic heterocycles. The summed E-state index contributed by atoms with van der Waals surface area (Å²) in [7, 11) is 0. The Morgan fingerprint density at radius 2 is 1.14 bits per heavy atom. The number of rotatable bonds is 2. The van der Waals surface area contributed by atoms with Gasteiger partial charge in [0.2, 0.25) is 0 Å². The molecule has 0 atom stereocenters. The van der Waals surface area contributed by atoms with Crippen LogP contribution in [0.1, 0.15) is 66.2 Å². The third-order valence-electron chi connectivity index (χ3n) is 2.44. The molecule has 2 rings (SSSR count). The van der Waals surface area contributed by atoms with E-state index in [9.17, 15) is 0 Å². The van der Waals surface area contributed by atoms with Crippen LogP contribution in [0, 0.1) is 26.0 Å². The van der Waals surface area contributed by atoms with E-state index in [-0.39, 0.29) is 26.2 Å². The average molecular weight is 364 g/mol. The number of allylic oxidation sites excluding steroid dienone is 8. The van der Waals surface area contributed by atoms with Crippen molar-refractivity contribution in [2.24, 2.45) is 0 Å². The van der Waals surface area contributed by atoms with Crippen LogP contribution >= 0.6 is 0 Å². The fourth-order valence-electron chi connectivity index (χ4n) is 1.03. The topological polar surface area (TPSA) is 0 Å². The van der Waals surface area contributed by atoms with E-state index in [1.165, 1.54) is 24.0 Å². The van der Waals surface area contributed by atoms with Gasteiger partial charge in [0.15, 0.2) is 0 Å². The van der Waals surface area contributed by atoms with Gasteiger partial charge < -0.3 is 13.8 Å². The van der Waals surface area contributed by atoms with Crippen LogP contribution in [0.4, 0.5) is 0 Å². The zero-order chi connectivity index (χ0) is 15.6. The number of unbranched alkanes of at least 4 members (excludes halogenated alkanes) is 2. The fraction of sp³-hybridized carbons (Fsp3) is 0.500. The maximum absolute atomic E-state index is 3.60. The minimum atomic E-state index is 0. The van der Waals surface area contributed by atoms with Crippen molar-refractivity contribution in [2.45, 2.75) is 66.2 Å². The second kappa shape index (κ2) is 22.1. The van der Waals surface area contributed by atoms with Gasteiger partial charge in [0, 0.05) is 0 Å². The summed E-state index contributed by atoms with van der Waals surface area (Å²) in [6, 6.07) is 0. The Morgan fingerprint density at radius 1 is 0.857 bits per heavy atom. The molecule has 0 aromatic rings. The molecule has 0 saturated heterocycles. The van der Waals surface area contributed by atoms with Crippen LogP contribution < -0.4 is 0 Å². The van der Waals surface area contributed by atoms with Crippen LogP contribution in [0.15, 0.2) is 35.5 Å². The average Bonchev–Trinajstić information content (AvgIpc) is 3.13. The third kappa shape index (κ3) is 25.2. The van der Waals surface area contributed by atoms with Crippen molar-refractivity contribution in [3.8, 4) is 0 Å². The smallest absolute Gasteiger partial charge is 0.343 e. The Hall–Kier alpha value is -0.157. The Balaban J connectivity index is -0.000000208. The molecule has 21 heavy (non-hydrogen) atoms. The molecule has 0 bridgehead atoms. The van der Waals surface area contributed by atoms with Gasteiger partial charge in [0.1, 0.15) is 0 Å². The van der Waals surface area contributed by atoms with Crippen molar-refractivity contribution in [2.75, 3.05) is 0 Å². The Labute approximate surface area is 153 Å². The zero-order valence-corrected chi connectivity index (χ0v) is 16.9. The molecule has 1 heteroatoms. The first kappa shape index (κ1) is 25.8. The first-order chi connectivity index (χ1) is 9.62. The maximum atomic E-state index is 3.60. The largest absolute Gasteiger partial charge is 4.00 e. The van der Waals surface area contributed by atoms with Crippen LogP contribution in [0.3, 0.4) is 0 Å². The fourth-order valence-corrected chi connectivity index (χ4v) is 1.03. The first-order valence-corrected chi connectivity index (χ1v) is 7.68. The molecule has 0 saturated carbocycles. The van der Waals surface area contributed by atoms with Crippen LogP contribution in [-0.4, -0.2) is 0 Å². The van der Waals surface area contributed by atoms with Crippen LogP contribution in [0.5, 0.6) is 0 Å². The zero-order valence-electron chi connectivity index (χ0n) is 14.5. The summed E-state index contributed by atoms with van der Waals surface area (Å²) in [5.74, 6) is 0. The summed E-state index contributed by atoms with van der Waals surface area (Å²) in [4.78, 5) is 0. The van der Waals surface area contributed by atoms with Crippen molar-refractivity contribution < 1.29 is 26.2 Å². The van der Waals surface area contributed by atoms with Gasteiger partial charge in [-0.2, -0.15) is 25.0 Å². The minimum absolute atomic E-state index is 0. The SMILES string of the molecule is CC1=[C-]CC=C1.CC1=[C-]CC=C1.[CH2-]CCC.[CH2-]CCC.[Zr+4]. The summed E-state index contributed by atoms with van der Waals surface area (Å²) in [5.41, 5.74) is 2.55. The Bertz CT molecular complexity index is 264. The Kier molecular flexibility index (Phi) is 27.2. The summed E-state index contributed by atoms with van der Waals surface area (Å²) >= 11 is 0. The second-order valence-electron chi connectivity index (χ2n) is 4.64. The molecule has 0 unspecified atom stereocenters. The quantitative estimate of drug-likeness (QED) is 0.483. The molecule has 0 aliphatic heterocycles. The monoisotopic (exact) mass is 362 g/mol. The summed E-state index contributed by atoms with van der Waals surface area (Å²) in [5, 5.41) is 0.